The third-order valence-corrected chi connectivity index (χ3v) is 3.83. The maximum Gasteiger partial charge on any atom is 0.161 e. The third kappa shape index (κ3) is 2.04. The topological polar surface area (TPSA) is 20.1 Å². The molecular formula is C16H17NO. The molecule has 0 radical (unpaired) electrons. The molecular weight excluding hydrogens is 222 g/mol. The Kier molecular flexibility index (Phi) is 2.88. The minimum atomic E-state index is 0.00275. The van der Waals surface area contributed by atoms with Crippen LogP contribution in [0.4, 0.5) is 0 Å². The molecule has 18 heavy (non-hydrogen) atoms. The van der Waals surface area contributed by atoms with E-state index in [2.05, 4.69) is 36.1 Å². The highest BCUT2D eigenvalue weighted by molar-refractivity contribution is 5.92. The van der Waals surface area contributed by atoms with Gasteiger partial charge in [0.25, 0.3) is 0 Å². The van der Waals surface area contributed by atoms with Gasteiger partial charge in [-0.1, -0.05) is 54.6 Å². The second-order valence-corrected chi connectivity index (χ2v) is 5.00. The number of allylic oxidation sites excluding steroid dienone is 4. The van der Waals surface area contributed by atoms with Gasteiger partial charge in [-0.2, -0.15) is 0 Å². The van der Waals surface area contributed by atoms with Crippen molar-refractivity contribution >= 4 is 5.78 Å². The summed E-state index contributed by atoms with van der Waals surface area (Å²) in [4.78, 5) is 14.5. The summed E-state index contributed by atoms with van der Waals surface area (Å²) in [7, 11) is 0. The van der Waals surface area contributed by atoms with Crippen LogP contribution in [0.15, 0.2) is 54.6 Å². The van der Waals surface area contributed by atoms with Crippen LogP contribution in [-0.2, 0) is 4.79 Å². The molecule has 1 unspecified atom stereocenters. The number of carbonyl (C=O) groups excluding carboxylic acids is 1. The molecule has 1 fully saturated rings. The summed E-state index contributed by atoms with van der Waals surface area (Å²) in [6, 6.07) is 10.8. The number of hydrogen-bond donors (Lipinski definition) is 0. The molecule has 0 saturated carbocycles. The van der Waals surface area contributed by atoms with Gasteiger partial charge in [0.2, 0.25) is 0 Å². The fourth-order valence-electron chi connectivity index (χ4n) is 2.60. The monoisotopic (exact) mass is 239 g/mol. The first-order chi connectivity index (χ1) is 8.77. The van der Waals surface area contributed by atoms with Crippen molar-refractivity contribution < 1.29 is 4.79 Å². The minimum Gasteiger partial charge on any atom is -0.297 e. The van der Waals surface area contributed by atoms with E-state index in [0.29, 0.717) is 11.8 Å². The minimum absolute atomic E-state index is 0.00275. The number of nitrogens with zero attached hydrogens (tertiary/aromatic N) is 1. The van der Waals surface area contributed by atoms with Crippen molar-refractivity contribution in [2.75, 3.05) is 6.54 Å². The molecule has 0 N–H and O–H groups in total. The average Bonchev–Trinajstić information content (AvgIpc) is 3.03. The molecule has 3 rings (SSSR count). The molecule has 2 heteroatoms. The van der Waals surface area contributed by atoms with Crippen molar-refractivity contribution in [2.45, 2.75) is 19.0 Å². The van der Waals surface area contributed by atoms with Gasteiger partial charge in [0.05, 0.1) is 12.0 Å². The lowest BCUT2D eigenvalue weighted by molar-refractivity contribution is -0.120. The summed E-state index contributed by atoms with van der Waals surface area (Å²) in [5, 5.41) is 0. The number of ketones is 1. The third-order valence-electron chi connectivity index (χ3n) is 3.83. The number of Topliss-reactive ketones (excluding diaryl/α,β-unsaturated/α-hetero) is 1. The summed E-state index contributed by atoms with van der Waals surface area (Å²) in [6.45, 7) is 3.07. The molecule has 1 saturated heterocycles. The van der Waals surface area contributed by atoms with Gasteiger partial charge in [-0.25, -0.2) is 0 Å². The number of hydrogen-bond acceptors (Lipinski definition) is 2. The van der Waals surface area contributed by atoms with Gasteiger partial charge < -0.3 is 0 Å². The predicted octanol–water partition coefficient (Wildman–Crippen LogP) is 2.74. The van der Waals surface area contributed by atoms with Crippen molar-refractivity contribution in [3.63, 3.8) is 0 Å². The van der Waals surface area contributed by atoms with Gasteiger partial charge in [-0.3, -0.25) is 9.69 Å². The highest BCUT2D eigenvalue weighted by atomic mass is 16.1. The maximum atomic E-state index is 12.2. The lowest BCUT2D eigenvalue weighted by Crippen LogP contribution is -2.20. The molecule has 2 aliphatic rings. The Hall–Kier alpha value is -1.67. The van der Waals surface area contributed by atoms with Crippen LogP contribution in [0.2, 0.25) is 0 Å². The second kappa shape index (κ2) is 4.54. The van der Waals surface area contributed by atoms with Crippen molar-refractivity contribution in [3.05, 3.63) is 60.2 Å². The molecule has 92 valence electrons. The van der Waals surface area contributed by atoms with Crippen molar-refractivity contribution in [1.29, 1.82) is 0 Å². The van der Waals surface area contributed by atoms with Gasteiger partial charge in [0.1, 0.15) is 0 Å². The zero-order valence-corrected chi connectivity index (χ0v) is 10.5. The molecule has 0 amide bonds. The molecule has 2 nitrogen and oxygen atoms in total. The van der Waals surface area contributed by atoms with E-state index in [1.54, 1.807) is 0 Å². The van der Waals surface area contributed by atoms with Crippen LogP contribution in [0, 0.1) is 5.92 Å². The standard InChI is InChI=1S/C16H17NO/c1-12(13-7-3-2-4-8-13)17-11-15(17)16(18)14-9-5-6-10-14/h2-10,12,14-15H,11H2,1H3/t12-,15-,17?/m1/s1. The number of carbonyl (C=O) groups is 1. The van der Waals surface area contributed by atoms with Gasteiger partial charge in [0.15, 0.2) is 5.78 Å². The first-order valence-electron chi connectivity index (χ1n) is 6.47. The summed E-state index contributed by atoms with van der Waals surface area (Å²) in [5.41, 5.74) is 1.28. The lowest BCUT2D eigenvalue weighted by Gasteiger charge is -2.14. The van der Waals surface area contributed by atoms with Crippen molar-refractivity contribution in [2.24, 2.45) is 5.92 Å². The Labute approximate surface area is 108 Å². The van der Waals surface area contributed by atoms with Crippen molar-refractivity contribution in [1.82, 2.24) is 4.90 Å². The zero-order valence-electron chi connectivity index (χ0n) is 10.5. The van der Waals surface area contributed by atoms with Crippen LogP contribution < -0.4 is 0 Å². The summed E-state index contributed by atoms with van der Waals surface area (Å²) in [6.07, 6.45) is 7.86. The Morgan fingerprint density at radius 3 is 2.56 bits per heavy atom. The summed E-state index contributed by atoms with van der Waals surface area (Å²) >= 11 is 0. The highest BCUT2D eigenvalue weighted by Crippen LogP contribution is 2.34. The van der Waals surface area contributed by atoms with E-state index in [9.17, 15) is 4.79 Å². The maximum absolute atomic E-state index is 12.2. The number of benzene rings is 1. The molecule has 1 aliphatic heterocycles. The molecule has 1 aromatic rings. The Balaban J connectivity index is 1.65. The van der Waals surface area contributed by atoms with Crippen LogP contribution in [0.1, 0.15) is 18.5 Å². The summed E-state index contributed by atoms with van der Waals surface area (Å²) < 4.78 is 0. The van der Waals surface area contributed by atoms with E-state index in [1.807, 2.05) is 30.4 Å². The smallest absolute Gasteiger partial charge is 0.161 e. The predicted molar refractivity (Wildman–Crippen MR) is 72.1 cm³/mol. The molecule has 1 aliphatic carbocycles. The van der Waals surface area contributed by atoms with Gasteiger partial charge in [0, 0.05) is 12.6 Å². The zero-order chi connectivity index (χ0) is 12.5. The van der Waals surface area contributed by atoms with Crippen LogP contribution in [0.25, 0.3) is 0 Å². The van der Waals surface area contributed by atoms with E-state index in [1.165, 1.54) is 5.56 Å². The lowest BCUT2D eigenvalue weighted by atomic mass is 10.0. The van der Waals surface area contributed by atoms with Crippen LogP contribution in [0.3, 0.4) is 0 Å². The van der Waals surface area contributed by atoms with E-state index < -0.39 is 0 Å². The highest BCUT2D eigenvalue weighted by Gasteiger charge is 2.44. The van der Waals surface area contributed by atoms with Gasteiger partial charge in [-0.05, 0) is 12.5 Å². The van der Waals surface area contributed by atoms with Crippen LogP contribution >= 0.6 is 0 Å². The molecule has 0 bridgehead atoms. The van der Waals surface area contributed by atoms with E-state index >= 15 is 0 Å². The SMILES string of the molecule is C[C@H](c1ccccc1)N1C[C@@H]1C(=O)C1C=CC=C1. The molecule has 1 heterocycles. The second-order valence-electron chi connectivity index (χ2n) is 5.00. The quantitative estimate of drug-likeness (QED) is 0.753. The van der Waals surface area contributed by atoms with Gasteiger partial charge in [-0.15, -0.1) is 0 Å². The van der Waals surface area contributed by atoms with E-state index in [0.717, 1.165) is 6.54 Å². The van der Waals surface area contributed by atoms with E-state index in [4.69, 9.17) is 0 Å². The normalized spacial score (nSPS) is 27.4. The molecule has 3 atom stereocenters. The van der Waals surface area contributed by atoms with Crippen LogP contribution in [-0.4, -0.2) is 23.3 Å². The van der Waals surface area contributed by atoms with E-state index in [-0.39, 0.29) is 12.0 Å². The Bertz CT molecular complexity index is 491. The first kappa shape index (κ1) is 11.4. The van der Waals surface area contributed by atoms with Crippen molar-refractivity contribution in [3.8, 4) is 0 Å². The molecule has 0 spiro atoms. The molecule has 1 aromatic carbocycles. The summed E-state index contributed by atoms with van der Waals surface area (Å²) in [5.74, 6) is 0.339. The van der Waals surface area contributed by atoms with Gasteiger partial charge >= 0.3 is 0 Å². The first-order valence-corrected chi connectivity index (χ1v) is 6.47. The molecule has 0 aromatic heterocycles. The Morgan fingerprint density at radius 1 is 1.22 bits per heavy atom. The Morgan fingerprint density at radius 2 is 1.89 bits per heavy atom. The fourth-order valence-corrected chi connectivity index (χ4v) is 2.60. The van der Waals surface area contributed by atoms with Crippen LogP contribution in [0.5, 0.6) is 0 Å². The fraction of sp³-hybridized carbons (Fsp3) is 0.312. The average molecular weight is 239 g/mol. The largest absolute Gasteiger partial charge is 0.297 e. The number of rotatable bonds is 4.